The van der Waals surface area contributed by atoms with Crippen molar-refractivity contribution in [2.45, 2.75) is 64.4 Å². The summed E-state index contributed by atoms with van der Waals surface area (Å²) in [7, 11) is -4.02. The van der Waals surface area contributed by atoms with Crippen molar-refractivity contribution in [2.75, 3.05) is 45.2 Å². The summed E-state index contributed by atoms with van der Waals surface area (Å²) in [5, 5.41) is 0. The number of hydrogen-bond donors (Lipinski definition) is 1. The summed E-state index contributed by atoms with van der Waals surface area (Å²) < 4.78 is 42.5. The molecule has 1 heterocycles. The van der Waals surface area contributed by atoms with Crippen molar-refractivity contribution in [1.29, 1.82) is 0 Å². The van der Waals surface area contributed by atoms with Gasteiger partial charge >= 0.3 is 0 Å². The van der Waals surface area contributed by atoms with E-state index in [1.165, 1.54) is 38.5 Å². The third-order valence-electron chi connectivity index (χ3n) is 4.31. The smallest absolute Gasteiger partial charge is 0.267 e. The number of rotatable bonds is 14. The van der Waals surface area contributed by atoms with Gasteiger partial charge in [-0.2, -0.15) is 8.42 Å². The average molecular weight is 366 g/mol. The van der Waals surface area contributed by atoms with Crippen molar-refractivity contribution >= 4 is 10.1 Å². The first-order chi connectivity index (χ1) is 11.5. The van der Waals surface area contributed by atoms with E-state index in [-0.39, 0.29) is 5.75 Å². The number of unbranched alkanes of at least 4 members (excludes halogenated alkanes) is 7. The molecular formula is C17H35NO5S. The Balaban J connectivity index is 2.16. The number of morpholine rings is 1. The predicted octanol–water partition coefficient (Wildman–Crippen LogP) is 2.73. The van der Waals surface area contributed by atoms with Gasteiger partial charge in [0, 0.05) is 26.2 Å². The van der Waals surface area contributed by atoms with Gasteiger partial charge in [-0.15, -0.1) is 0 Å². The second-order valence-electron chi connectivity index (χ2n) is 6.63. The Kier molecular flexibility index (Phi) is 11.9. The minimum Gasteiger partial charge on any atom is -0.379 e. The lowest BCUT2D eigenvalue weighted by Gasteiger charge is -2.30. The first-order valence-corrected chi connectivity index (χ1v) is 11.0. The van der Waals surface area contributed by atoms with E-state index in [4.69, 9.17) is 14.0 Å². The molecule has 6 nitrogen and oxygen atoms in total. The fraction of sp³-hybridized carbons (Fsp3) is 1.00. The molecule has 0 aromatic heterocycles. The minimum atomic E-state index is -4.02. The summed E-state index contributed by atoms with van der Waals surface area (Å²) in [6.07, 6.45) is 9.28. The van der Waals surface area contributed by atoms with Crippen LogP contribution in [0, 0.1) is 0 Å². The third-order valence-corrected chi connectivity index (χ3v) is 5.11. The van der Waals surface area contributed by atoms with Gasteiger partial charge in [-0.1, -0.05) is 51.9 Å². The van der Waals surface area contributed by atoms with Crippen molar-refractivity contribution < 1.29 is 22.4 Å². The number of hydrogen-bond acceptors (Lipinski definition) is 5. The van der Waals surface area contributed by atoms with Crippen LogP contribution in [0.1, 0.15) is 58.3 Å². The van der Waals surface area contributed by atoms with Crippen LogP contribution in [0.5, 0.6) is 0 Å². The fourth-order valence-corrected chi connectivity index (χ4v) is 3.62. The van der Waals surface area contributed by atoms with E-state index >= 15 is 0 Å². The SMILES string of the molecule is CCCCCCCCCCOC(CN1CCOCC1)CS(=O)(=O)O. The van der Waals surface area contributed by atoms with E-state index in [2.05, 4.69) is 11.8 Å². The van der Waals surface area contributed by atoms with Crippen molar-refractivity contribution in [1.82, 2.24) is 4.90 Å². The molecule has 1 atom stereocenters. The molecule has 1 unspecified atom stereocenters. The minimum absolute atomic E-state index is 0.332. The van der Waals surface area contributed by atoms with Gasteiger partial charge in [-0.05, 0) is 6.42 Å². The molecule has 7 heteroatoms. The molecule has 1 aliphatic heterocycles. The zero-order valence-electron chi connectivity index (χ0n) is 15.1. The maximum absolute atomic E-state index is 11.2. The maximum atomic E-state index is 11.2. The standard InChI is InChI=1S/C17H35NO5S/c1-2-3-4-5-6-7-8-9-12-23-17(16-24(19,20)21)15-18-10-13-22-14-11-18/h17H,2-16H2,1H3,(H,19,20,21). The lowest BCUT2D eigenvalue weighted by molar-refractivity contribution is -0.00568. The van der Waals surface area contributed by atoms with Crippen LogP contribution in [0.4, 0.5) is 0 Å². The van der Waals surface area contributed by atoms with Crippen LogP contribution in [0.15, 0.2) is 0 Å². The van der Waals surface area contributed by atoms with E-state index in [1.807, 2.05) is 0 Å². The van der Waals surface area contributed by atoms with Crippen LogP contribution >= 0.6 is 0 Å². The van der Waals surface area contributed by atoms with E-state index in [9.17, 15) is 8.42 Å². The molecule has 0 amide bonds. The number of nitrogens with zero attached hydrogens (tertiary/aromatic N) is 1. The zero-order chi connectivity index (χ0) is 17.7. The Morgan fingerprint density at radius 3 is 2.21 bits per heavy atom. The van der Waals surface area contributed by atoms with Crippen LogP contribution in [-0.4, -0.2) is 69.2 Å². The molecule has 144 valence electrons. The van der Waals surface area contributed by atoms with Crippen LogP contribution in [0.25, 0.3) is 0 Å². The molecule has 0 saturated carbocycles. The van der Waals surface area contributed by atoms with Crippen molar-refractivity contribution in [3.63, 3.8) is 0 Å². The third kappa shape index (κ3) is 12.2. The molecule has 24 heavy (non-hydrogen) atoms. The second kappa shape index (κ2) is 13.1. The Bertz CT molecular complexity index is 396. The van der Waals surface area contributed by atoms with Gasteiger partial charge in [0.25, 0.3) is 10.1 Å². The molecule has 1 N–H and O–H groups in total. The van der Waals surface area contributed by atoms with E-state index < -0.39 is 16.2 Å². The van der Waals surface area contributed by atoms with Gasteiger partial charge in [-0.25, -0.2) is 0 Å². The molecule has 0 aromatic carbocycles. The largest absolute Gasteiger partial charge is 0.379 e. The Hall–Kier alpha value is -0.210. The Morgan fingerprint density at radius 2 is 1.62 bits per heavy atom. The molecule has 1 saturated heterocycles. The summed E-state index contributed by atoms with van der Waals surface area (Å²) in [6.45, 7) is 6.19. The van der Waals surface area contributed by atoms with Crippen molar-refractivity contribution in [3.8, 4) is 0 Å². The molecule has 0 aromatic rings. The highest BCUT2D eigenvalue weighted by Gasteiger charge is 2.22. The molecule has 0 radical (unpaired) electrons. The highest BCUT2D eigenvalue weighted by molar-refractivity contribution is 7.85. The number of ether oxygens (including phenoxy) is 2. The average Bonchev–Trinajstić information content (AvgIpc) is 2.52. The van der Waals surface area contributed by atoms with Gasteiger partial charge in [-0.3, -0.25) is 9.45 Å². The van der Waals surface area contributed by atoms with E-state index in [0.29, 0.717) is 26.4 Å². The highest BCUT2D eigenvalue weighted by Crippen LogP contribution is 2.10. The van der Waals surface area contributed by atoms with Gasteiger partial charge in [0.05, 0.1) is 19.3 Å². The predicted molar refractivity (Wildman–Crippen MR) is 96.0 cm³/mol. The van der Waals surface area contributed by atoms with Crippen LogP contribution in [-0.2, 0) is 19.6 Å². The molecule has 1 rings (SSSR count). The highest BCUT2D eigenvalue weighted by atomic mass is 32.2. The van der Waals surface area contributed by atoms with E-state index in [0.717, 1.165) is 25.9 Å². The second-order valence-corrected chi connectivity index (χ2v) is 8.13. The quantitative estimate of drug-likeness (QED) is 0.377. The lowest BCUT2D eigenvalue weighted by atomic mass is 10.1. The van der Waals surface area contributed by atoms with Gasteiger partial charge in [0.2, 0.25) is 0 Å². The summed E-state index contributed by atoms with van der Waals surface area (Å²) in [4.78, 5) is 2.13. The zero-order valence-corrected chi connectivity index (χ0v) is 15.9. The molecule has 0 bridgehead atoms. The molecule has 1 fully saturated rings. The van der Waals surface area contributed by atoms with Gasteiger partial charge < -0.3 is 9.47 Å². The van der Waals surface area contributed by atoms with E-state index in [1.54, 1.807) is 0 Å². The topological polar surface area (TPSA) is 76.1 Å². The molecule has 0 aliphatic carbocycles. The first kappa shape index (κ1) is 21.8. The lowest BCUT2D eigenvalue weighted by Crippen LogP contribution is -2.43. The Morgan fingerprint density at radius 1 is 1.04 bits per heavy atom. The van der Waals surface area contributed by atoms with Gasteiger partial charge in [0.1, 0.15) is 5.75 Å². The monoisotopic (exact) mass is 365 g/mol. The molecular weight excluding hydrogens is 330 g/mol. The first-order valence-electron chi connectivity index (χ1n) is 9.38. The molecule has 0 spiro atoms. The fourth-order valence-electron chi connectivity index (χ4n) is 2.95. The Labute approximate surface area is 147 Å². The van der Waals surface area contributed by atoms with Crippen LogP contribution < -0.4 is 0 Å². The van der Waals surface area contributed by atoms with Crippen LogP contribution in [0.2, 0.25) is 0 Å². The maximum Gasteiger partial charge on any atom is 0.267 e. The summed E-state index contributed by atoms with van der Waals surface area (Å²) in [6, 6.07) is 0. The van der Waals surface area contributed by atoms with Crippen LogP contribution in [0.3, 0.4) is 0 Å². The summed E-state index contributed by atoms with van der Waals surface area (Å²) in [5.74, 6) is -0.332. The van der Waals surface area contributed by atoms with Gasteiger partial charge in [0.15, 0.2) is 0 Å². The van der Waals surface area contributed by atoms with Crippen molar-refractivity contribution in [2.24, 2.45) is 0 Å². The van der Waals surface area contributed by atoms with Crippen molar-refractivity contribution in [3.05, 3.63) is 0 Å². The summed E-state index contributed by atoms with van der Waals surface area (Å²) >= 11 is 0. The molecule has 1 aliphatic rings. The summed E-state index contributed by atoms with van der Waals surface area (Å²) in [5.41, 5.74) is 0. The normalized spacial score (nSPS) is 17.9.